The third-order valence-electron chi connectivity index (χ3n) is 6.54. The lowest BCUT2D eigenvalue weighted by Crippen LogP contribution is -2.54. The monoisotopic (exact) mass is 476 g/mol. The summed E-state index contributed by atoms with van der Waals surface area (Å²) in [6.45, 7) is 8.20. The second-order valence-electron chi connectivity index (χ2n) is 9.11. The van der Waals surface area contributed by atoms with Gasteiger partial charge in [0.2, 0.25) is 5.91 Å². The van der Waals surface area contributed by atoms with E-state index >= 15 is 0 Å². The van der Waals surface area contributed by atoms with Gasteiger partial charge in [-0.25, -0.2) is 4.79 Å². The first kappa shape index (κ1) is 25.8. The van der Waals surface area contributed by atoms with Crippen molar-refractivity contribution in [3.8, 4) is 0 Å². The molecule has 184 valence electrons. The molecule has 2 aliphatic heterocycles. The van der Waals surface area contributed by atoms with Crippen LogP contribution in [0, 0.1) is 0 Å². The van der Waals surface area contributed by atoms with Gasteiger partial charge in [-0.3, -0.25) is 9.69 Å². The molecule has 33 heavy (non-hydrogen) atoms. The van der Waals surface area contributed by atoms with Gasteiger partial charge in [0.05, 0.1) is 12.6 Å². The fourth-order valence-electron chi connectivity index (χ4n) is 4.42. The zero-order valence-electron chi connectivity index (χ0n) is 20.2. The molecule has 1 atom stereocenters. The van der Waals surface area contributed by atoms with Crippen LogP contribution in [0.3, 0.4) is 0 Å². The average Bonchev–Trinajstić information content (AvgIpc) is 2.84. The Hall–Kier alpha value is -1.77. The lowest BCUT2D eigenvalue weighted by atomic mass is 10.0. The van der Waals surface area contributed by atoms with Gasteiger partial charge in [-0.1, -0.05) is 31.5 Å². The molecule has 8 heteroatoms. The number of rotatable bonds is 10. The number of likely N-dealkylation sites (tertiary alicyclic amines) is 1. The highest BCUT2D eigenvalue weighted by molar-refractivity contribution is 7.99. The average molecular weight is 477 g/mol. The number of nitrogens with one attached hydrogen (secondary N) is 1. The van der Waals surface area contributed by atoms with Crippen LogP contribution < -0.4 is 5.32 Å². The van der Waals surface area contributed by atoms with Crippen LogP contribution in [0.15, 0.2) is 35.2 Å². The van der Waals surface area contributed by atoms with Gasteiger partial charge in [-0.05, 0) is 51.5 Å². The maximum absolute atomic E-state index is 13.1. The van der Waals surface area contributed by atoms with Crippen molar-refractivity contribution in [1.82, 2.24) is 20.0 Å². The Labute approximate surface area is 203 Å². The first-order valence-electron chi connectivity index (χ1n) is 12.4. The normalized spacial score (nSPS) is 19.3. The summed E-state index contributed by atoms with van der Waals surface area (Å²) in [6.07, 6.45) is 4.12. The van der Waals surface area contributed by atoms with Gasteiger partial charge in [0.15, 0.2) is 0 Å². The number of carbonyl (C=O) groups excluding carboxylic acids is 2. The molecule has 0 radical (unpaired) electrons. The van der Waals surface area contributed by atoms with Gasteiger partial charge in [0, 0.05) is 49.3 Å². The van der Waals surface area contributed by atoms with Crippen molar-refractivity contribution in [2.75, 3.05) is 58.7 Å². The zero-order valence-corrected chi connectivity index (χ0v) is 21.0. The largest absolute Gasteiger partial charge is 0.450 e. The molecule has 0 unspecified atom stereocenters. The zero-order chi connectivity index (χ0) is 23.5. The molecule has 2 amide bonds. The third-order valence-corrected chi connectivity index (χ3v) is 7.71. The number of hydrogen-bond donors (Lipinski definition) is 1. The number of hydrogen-bond acceptors (Lipinski definition) is 6. The van der Waals surface area contributed by atoms with Crippen molar-refractivity contribution < 1.29 is 14.3 Å². The molecule has 2 aliphatic rings. The predicted octanol–water partition coefficient (Wildman–Crippen LogP) is 3.30. The number of alkyl carbamates (subject to hydrolysis) is 1. The summed E-state index contributed by atoms with van der Waals surface area (Å²) in [6, 6.07) is 10.5. The maximum atomic E-state index is 13.1. The van der Waals surface area contributed by atoms with E-state index in [9.17, 15) is 9.59 Å². The van der Waals surface area contributed by atoms with Crippen LogP contribution in [0.2, 0.25) is 0 Å². The predicted molar refractivity (Wildman–Crippen MR) is 134 cm³/mol. The number of benzene rings is 1. The molecule has 2 fully saturated rings. The van der Waals surface area contributed by atoms with Crippen LogP contribution in [-0.2, 0) is 9.53 Å². The van der Waals surface area contributed by atoms with Gasteiger partial charge in [-0.15, -0.1) is 11.8 Å². The van der Waals surface area contributed by atoms with Crippen molar-refractivity contribution in [1.29, 1.82) is 0 Å². The molecule has 0 spiro atoms. The minimum atomic E-state index is -0.429. The molecule has 2 saturated heterocycles. The highest BCUT2D eigenvalue weighted by Gasteiger charge is 2.29. The van der Waals surface area contributed by atoms with E-state index in [-0.39, 0.29) is 11.9 Å². The van der Waals surface area contributed by atoms with E-state index in [0.717, 1.165) is 57.0 Å². The smallest absolute Gasteiger partial charge is 0.407 e. The lowest BCUT2D eigenvalue weighted by molar-refractivity contribution is -0.133. The molecular formula is C25H40N4O3S. The van der Waals surface area contributed by atoms with E-state index in [1.54, 1.807) is 11.8 Å². The molecule has 0 aromatic heterocycles. The molecular weight excluding hydrogens is 436 g/mol. The maximum Gasteiger partial charge on any atom is 0.407 e. The minimum absolute atomic E-state index is 0.116. The number of amides is 2. The Morgan fingerprint density at radius 1 is 1.09 bits per heavy atom. The first-order chi connectivity index (χ1) is 16.0. The van der Waals surface area contributed by atoms with E-state index in [0.29, 0.717) is 24.8 Å². The number of nitrogens with zero attached hydrogens (tertiary/aromatic N) is 3. The molecule has 7 nitrogen and oxygen atoms in total. The molecule has 1 N–H and O–H groups in total. The molecule has 1 aromatic rings. The summed E-state index contributed by atoms with van der Waals surface area (Å²) in [5.41, 5.74) is 0. The van der Waals surface area contributed by atoms with Crippen LogP contribution in [0.25, 0.3) is 0 Å². The van der Waals surface area contributed by atoms with E-state index in [4.69, 9.17) is 4.74 Å². The Morgan fingerprint density at radius 2 is 1.79 bits per heavy atom. The SMILES string of the molecule is CCCCOC(=O)N[C@@H](CSc1ccccc1)CC(=O)N1CCN(C2CCN(C)CC2)CC1. The second-order valence-corrected chi connectivity index (χ2v) is 10.2. The Kier molecular flexibility index (Phi) is 10.8. The van der Waals surface area contributed by atoms with Crippen LogP contribution >= 0.6 is 11.8 Å². The van der Waals surface area contributed by atoms with Gasteiger partial charge in [0.1, 0.15) is 0 Å². The number of piperazine rings is 1. The number of thioether (sulfide) groups is 1. The molecule has 0 bridgehead atoms. The van der Waals surface area contributed by atoms with Gasteiger partial charge in [0.25, 0.3) is 0 Å². The molecule has 3 rings (SSSR count). The van der Waals surface area contributed by atoms with E-state index in [1.807, 2.05) is 35.2 Å². The highest BCUT2D eigenvalue weighted by Crippen LogP contribution is 2.21. The Bertz CT molecular complexity index is 720. The number of ether oxygens (including phenoxy) is 1. The fourth-order valence-corrected chi connectivity index (χ4v) is 5.36. The lowest BCUT2D eigenvalue weighted by Gasteiger charge is -2.42. The first-order valence-corrected chi connectivity index (χ1v) is 13.3. The summed E-state index contributed by atoms with van der Waals surface area (Å²) >= 11 is 1.65. The van der Waals surface area contributed by atoms with Crippen molar-refractivity contribution in [3.05, 3.63) is 30.3 Å². The summed E-state index contributed by atoms with van der Waals surface area (Å²) < 4.78 is 5.29. The standard InChI is InChI=1S/C25H40N4O3S/c1-3-4-18-32-25(31)26-21(20-33-23-8-6-5-7-9-23)19-24(30)29-16-14-28(15-17-29)22-10-12-27(2)13-11-22/h5-9,21-22H,3-4,10-20H2,1-2H3,(H,26,31)/t21-/m1/s1. The van der Waals surface area contributed by atoms with Crippen LogP contribution in [-0.4, -0.2) is 97.5 Å². The van der Waals surface area contributed by atoms with E-state index < -0.39 is 6.09 Å². The fraction of sp³-hybridized carbons (Fsp3) is 0.680. The molecule has 1 aromatic carbocycles. The Morgan fingerprint density at radius 3 is 2.45 bits per heavy atom. The van der Waals surface area contributed by atoms with E-state index in [2.05, 4.69) is 29.1 Å². The van der Waals surface area contributed by atoms with Crippen molar-refractivity contribution in [2.45, 2.75) is 56.0 Å². The van der Waals surface area contributed by atoms with Gasteiger partial charge >= 0.3 is 6.09 Å². The summed E-state index contributed by atoms with van der Waals surface area (Å²) in [5.74, 6) is 0.749. The number of unbranched alkanes of at least 4 members (excludes halogenated alkanes) is 1. The highest BCUT2D eigenvalue weighted by atomic mass is 32.2. The van der Waals surface area contributed by atoms with Crippen LogP contribution in [0.4, 0.5) is 4.79 Å². The molecule has 2 heterocycles. The molecule has 0 aliphatic carbocycles. The van der Waals surface area contributed by atoms with Gasteiger partial charge < -0.3 is 19.9 Å². The Balaban J connectivity index is 1.48. The van der Waals surface area contributed by atoms with Crippen LogP contribution in [0.5, 0.6) is 0 Å². The van der Waals surface area contributed by atoms with Crippen LogP contribution in [0.1, 0.15) is 39.0 Å². The molecule has 0 saturated carbocycles. The van der Waals surface area contributed by atoms with Crippen molar-refractivity contribution in [3.63, 3.8) is 0 Å². The second kappa shape index (κ2) is 13.8. The van der Waals surface area contributed by atoms with Crippen molar-refractivity contribution >= 4 is 23.8 Å². The van der Waals surface area contributed by atoms with E-state index in [1.165, 1.54) is 12.8 Å². The minimum Gasteiger partial charge on any atom is -0.450 e. The van der Waals surface area contributed by atoms with Gasteiger partial charge in [-0.2, -0.15) is 0 Å². The quantitative estimate of drug-likeness (QED) is 0.413. The summed E-state index contributed by atoms with van der Waals surface area (Å²) in [7, 11) is 2.19. The van der Waals surface area contributed by atoms with Crippen molar-refractivity contribution in [2.24, 2.45) is 0 Å². The number of carbonyl (C=O) groups is 2. The third kappa shape index (κ3) is 8.83. The number of piperidine rings is 1. The summed E-state index contributed by atoms with van der Waals surface area (Å²) in [4.78, 5) is 33.4. The summed E-state index contributed by atoms with van der Waals surface area (Å²) in [5, 5.41) is 2.94. The topological polar surface area (TPSA) is 65.1 Å².